The fraction of sp³-hybridized carbons (Fsp3) is 0.833. The number of rotatable bonds is 5. The van der Waals surface area contributed by atoms with Crippen molar-refractivity contribution in [2.75, 3.05) is 12.3 Å². The Bertz CT molecular complexity index is 485. The molecular formula is C18H28N2O3S. The highest BCUT2D eigenvalue weighted by Gasteiger charge is 2.36. The number of hydrogen-bond acceptors (Lipinski definition) is 4. The maximum absolute atomic E-state index is 12.9. The van der Waals surface area contributed by atoms with E-state index in [2.05, 4.69) is 5.32 Å². The quantitative estimate of drug-likeness (QED) is 0.825. The minimum atomic E-state index is -0.231. The lowest BCUT2D eigenvalue weighted by Gasteiger charge is -2.31. The van der Waals surface area contributed by atoms with Gasteiger partial charge >= 0.3 is 0 Å². The van der Waals surface area contributed by atoms with Crippen LogP contribution in [0.5, 0.6) is 0 Å². The van der Waals surface area contributed by atoms with Crippen LogP contribution >= 0.6 is 11.8 Å². The summed E-state index contributed by atoms with van der Waals surface area (Å²) in [6.07, 6.45) is 10.3. The summed E-state index contributed by atoms with van der Waals surface area (Å²) in [5.74, 6) is 0.328. The molecule has 2 saturated carbocycles. The number of amides is 2. The fourth-order valence-corrected chi connectivity index (χ4v) is 5.15. The number of nitrogens with one attached hydrogen (secondary N) is 1. The second-order valence-electron chi connectivity index (χ2n) is 7.39. The molecule has 3 aliphatic rings. The molecule has 3 fully saturated rings. The van der Waals surface area contributed by atoms with Crippen molar-refractivity contribution in [2.24, 2.45) is 5.92 Å². The number of carbonyl (C=O) groups is 3. The zero-order valence-corrected chi connectivity index (χ0v) is 15.1. The molecule has 1 aliphatic heterocycles. The summed E-state index contributed by atoms with van der Waals surface area (Å²) in [6, 6.07) is 0.450. The molecule has 0 aromatic rings. The highest BCUT2D eigenvalue weighted by Crippen LogP contribution is 2.30. The first-order valence-electron chi connectivity index (χ1n) is 9.39. The van der Waals surface area contributed by atoms with E-state index in [1.807, 2.05) is 0 Å². The summed E-state index contributed by atoms with van der Waals surface area (Å²) >= 11 is 1.25. The third-order valence-electron chi connectivity index (χ3n) is 5.54. The lowest BCUT2D eigenvalue weighted by atomic mass is 9.95. The summed E-state index contributed by atoms with van der Waals surface area (Å²) < 4.78 is 0. The first-order chi connectivity index (χ1) is 11.6. The van der Waals surface area contributed by atoms with Gasteiger partial charge in [-0.05, 0) is 25.7 Å². The van der Waals surface area contributed by atoms with Crippen LogP contribution in [0.1, 0.15) is 64.2 Å². The second kappa shape index (κ2) is 8.37. The molecule has 0 bridgehead atoms. The Morgan fingerprint density at radius 2 is 1.71 bits per heavy atom. The van der Waals surface area contributed by atoms with Gasteiger partial charge in [0.1, 0.15) is 0 Å². The summed E-state index contributed by atoms with van der Waals surface area (Å²) in [4.78, 5) is 38.7. The minimum absolute atomic E-state index is 0.0130. The molecular weight excluding hydrogens is 324 g/mol. The van der Waals surface area contributed by atoms with Gasteiger partial charge in [0.05, 0.1) is 12.5 Å². The molecule has 0 aromatic carbocycles. The van der Waals surface area contributed by atoms with Crippen LogP contribution in [0.15, 0.2) is 0 Å². The van der Waals surface area contributed by atoms with E-state index in [4.69, 9.17) is 0 Å². The zero-order valence-electron chi connectivity index (χ0n) is 14.3. The Kier molecular flexibility index (Phi) is 6.19. The maximum atomic E-state index is 12.9. The first kappa shape index (κ1) is 17.8. The fourth-order valence-electron chi connectivity index (χ4n) is 4.18. The van der Waals surface area contributed by atoms with Crippen LogP contribution in [0.3, 0.4) is 0 Å². The van der Waals surface area contributed by atoms with E-state index in [0.29, 0.717) is 12.2 Å². The largest absolute Gasteiger partial charge is 0.352 e. The Balaban J connectivity index is 1.60. The molecule has 0 aromatic heterocycles. The highest BCUT2D eigenvalue weighted by molar-refractivity contribution is 8.14. The molecule has 2 amide bonds. The highest BCUT2D eigenvalue weighted by atomic mass is 32.2. The van der Waals surface area contributed by atoms with E-state index < -0.39 is 0 Å². The molecule has 3 rings (SSSR count). The van der Waals surface area contributed by atoms with Crippen molar-refractivity contribution in [3.8, 4) is 0 Å². The van der Waals surface area contributed by atoms with Gasteiger partial charge in [0.2, 0.25) is 11.8 Å². The van der Waals surface area contributed by atoms with Crippen molar-refractivity contribution in [2.45, 2.75) is 76.3 Å². The zero-order chi connectivity index (χ0) is 16.9. The molecule has 6 heteroatoms. The van der Waals surface area contributed by atoms with E-state index in [9.17, 15) is 14.4 Å². The van der Waals surface area contributed by atoms with Gasteiger partial charge in [-0.15, -0.1) is 0 Å². The lowest BCUT2D eigenvalue weighted by molar-refractivity contribution is -0.142. The molecule has 1 N–H and O–H groups in total. The van der Waals surface area contributed by atoms with Gasteiger partial charge < -0.3 is 10.2 Å². The smallest absolute Gasteiger partial charge is 0.239 e. The van der Waals surface area contributed by atoms with Crippen molar-refractivity contribution in [1.82, 2.24) is 10.2 Å². The second-order valence-corrected chi connectivity index (χ2v) is 8.47. The maximum Gasteiger partial charge on any atom is 0.239 e. The van der Waals surface area contributed by atoms with Crippen molar-refractivity contribution < 1.29 is 14.4 Å². The predicted molar refractivity (Wildman–Crippen MR) is 94.6 cm³/mol. The normalized spacial score (nSPS) is 25.8. The van der Waals surface area contributed by atoms with E-state index in [-0.39, 0.29) is 41.5 Å². The molecule has 1 atom stereocenters. The molecule has 1 heterocycles. The Morgan fingerprint density at radius 1 is 1.04 bits per heavy atom. The Labute approximate surface area is 148 Å². The van der Waals surface area contributed by atoms with Gasteiger partial charge in [-0.3, -0.25) is 14.4 Å². The van der Waals surface area contributed by atoms with E-state index in [0.717, 1.165) is 38.5 Å². The van der Waals surface area contributed by atoms with E-state index in [1.165, 1.54) is 31.0 Å². The van der Waals surface area contributed by atoms with Crippen LogP contribution in [-0.2, 0) is 14.4 Å². The lowest BCUT2D eigenvalue weighted by Crippen LogP contribution is -2.49. The molecule has 5 nitrogen and oxygen atoms in total. The molecule has 0 radical (unpaired) electrons. The average Bonchev–Trinajstić information content (AvgIpc) is 3.24. The van der Waals surface area contributed by atoms with Gasteiger partial charge in [-0.1, -0.05) is 43.9 Å². The molecule has 1 saturated heterocycles. The van der Waals surface area contributed by atoms with Crippen LogP contribution < -0.4 is 5.32 Å². The molecule has 0 unspecified atom stereocenters. The number of nitrogens with zero attached hydrogens (tertiary/aromatic N) is 1. The summed E-state index contributed by atoms with van der Waals surface area (Å²) in [5, 5.41) is 3.23. The SMILES string of the molecule is O=C(CN(C(=O)[C@H]1CSC(=O)C1)C1CCCC1)NC1CCCCC1. The standard InChI is InChI=1S/C18H28N2O3S/c21-16(19-14-6-2-1-3-7-14)11-20(15-8-4-5-9-15)18(23)13-10-17(22)24-12-13/h13-15H,1-12H2,(H,19,21)/t13-/m1/s1. The van der Waals surface area contributed by atoms with Crippen molar-refractivity contribution >= 4 is 28.7 Å². The first-order valence-corrected chi connectivity index (χ1v) is 10.4. The van der Waals surface area contributed by atoms with Gasteiger partial charge in [0, 0.05) is 24.3 Å². The molecule has 24 heavy (non-hydrogen) atoms. The van der Waals surface area contributed by atoms with Crippen molar-refractivity contribution in [1.29, 1.82) is 0 Å². The minimum Gasteiger partial charge on any atom is -0.352 e. The third-order valence-corrected chi connectivity index (χ3v) is 6.60. The van der Waals surface area contributed by atoms with Crippen LogP contribution in [-0.4, -0.2) is 46.2 Å². The summed E-state index contributed by atoms with van der Waals surface area (Å²) in [6.45, 7) is 0.162. The molecule has 2 aliphatic carbocycles. The van der Waals surface area contributed by atoms with Crippen molar-refractivity contribution in [3.05, 3.63) is 0 Å². The summed E-state index contributed by atoms with van der Waals surface area (Å²) in [7, 11) is 0. The van der Waals surface area contributed by atoms with E-state index >= 15 is 0 Å². The third kappa shape index (κ3) is 4.52. The Hall–Kier alpha value is -1.04. The summed E-state index contributed by atoms with van der Waals surface area (Å²) in [5.41, 5.74) is 0. The van der Waals surface area contributed by atoms with E-state index in [1.54, 1.807) is 4.90 Å². The number of hydrogen-bond donors (Lipinski definition) is 1. The monoisotopic (exact) mass is 352 g/mol. The van der Waals surface area contributed by atoms with Gasteiger partial charge in [0.25, 0.3) is 0 Å². The van der Waals surface area contributed by atoms with Gasteiger partial charge in [0.15, 0.2) is 5.12 Å². The predicted octanol–water partition coefficient (Wildman–Crippen LogP) is 2.49. The van der Waals surface area contributed by atoms with Crippen LogP contribution in [0, 0.1) is 5.92 Å². The molecule has 0 spiro atoms. The van der Waals surface area contributed by atoms with Gasteiger partial charge in [-0.25, -0.2) is 0 Å². The average molecular weight is 353 g/mol. The van der Waals surface area contributed by atoms with Crippen LogP contribution in [0.2, 0.25) is 0 Å². The van der Waals surface area contributed by atoms with Crippen LogP contribution in [0.4, 0.5) is 0 Å². The van der Waals surface area contributed by atoms with Gasteiger partial charge in [-0.2, -0.15) is 0 Å². The Morgan fingerprint density at radius 3 is 2.33 bits per heavy atom. The van der Waals surface area contributed by atoms with Crippen molar-refractivity contribution in [3.63, 3.8) is 0 Å². The van der Waals surface area contributed by atoms with Crippen LogP contribution in [0.25, 0.3) is 0 Å². The number of thioether (sulfide) groups is 1. The molecule has 134 valence electrons. The number of carbonyl (C=O) groups excluding carboxylic acids is 3. The topological polar surface area (TPSA) is 66.5 Å².